The highest BCUT2D eigenvalue weighted by molar-refractivity contribution is 6.22. The van der Waals surface area contributed by atoms with Gasteiger partial charge < -0.3 is 10.2 Å². The monoisotopic (exact) mass is 231 g/mol. The van der Waals surface area contributed by atoms with Crippen molar-refractivity contribution in [1.29, 1.82) is 0 Å². The fourth-order valence-electron chi connectivity index (χ4n) is 2.57. The number of halogens is 1. The van der Waals surface area contributed by atoms with Crippen LogP contribution in [0.1, 0.15) is 25.7 Å². The summed E-state index contributed by atoms with van der Waals surface area (Å²) in [6, 6.07) is 0. The van der Waals surface area contributed by atoms with E-state index in [1.54, 1.807) is 0 Å². The molecule has 15 heavy (non-hydrogen) atoms. The molecule has 0 spiro atoms. The average Bonchev–Trinajstić information content (AvgIpc) is 2.30. The average molecular weight is 232 g/mol. The summed E-state index contributed by atoms with van der Waals surface area (Å²) < 4.78 is 0. The molecule has 0 aromatic rings. The van der Waals surface area contributed by atoms with E-state index in [2.05, 4.69) is 5.32 Å². The lowest BCUT2D eigenvalue weighted by Gasteiger charge is -2.33. The Balaban J connectivity index is 1.92. The van der Waals surface area contributed by atoms with Gasteiger partial charge in [-0.3, -0.25) is 4.79 Å². The van der Waals surface area contributed by atoms with Crippen LogP contribution in [0.2, 0.25) is 0 Å². The second kappa shape index (κ2) is 5.17. The molecule has 2 fully saturated rings. The summed E-state index contributed by atoms with van der Waals surface area (Å²) in [5.74, 6) is 0.404. The van der Waals surface area contributed by atoms with Crippen molar-refractivity contribution in [3.8, 4) is 0 Å². The minimum Gasteiger partial charge on any atom is -0.343 e. The van der Waals surface area contributed by atoms with Gasteiger partial charge in [-0.2, -0.15) is 0 Å². The van der Waals surface area contributed by atoms with Gasteiger partial charge in [-0.25, -0.2) is 0 Å². The van der Waals surface area contributed by atoms with Crippen molar-refractivity contribution < 1.29 is 10.1 Å². The maximum Gasteiger partial charge on any atom is 0.227 e. The molecule has 86 valence electrons. The number of rotatable bonds is 1. The van der Waals surface area contributed by atoms with Crippen LogP contribution in [0.5, 0.6) is 0 Å². The zero-order valence-corrected chi connectivity index (χ0v) is 9.88. The van der Waals surface area contributed by atoms with E-state index in [0.29, 0.717) is 5.91 Å². The number of nitrogens with zero attached hydrogens (tertiary/aromatic N) is 1. The van der Waals surface area contributed by atoms with Crippen molar-refractivity contribution >= 4 is 17.5 Å². The Bertz CT molecular complexity index is 229. The highest BCUT2D eigenvalue weighted by atomic mass is 35.5. The number of nitrogens with two attached hydrogens (primary N) is 1. The molecule has 1 saturated heterocycles. The van der Waals surface area contributed by atoms with Crippen molar-refractivity contribution in [2.75, 3.05) is 26.2 Å². The van der Waals surface area contributed by atoms with Crippen LogP contribution in [0.3, 0.4) is 0 Å². The van der Waals surface area contributed by atoms with Crippen LogP contribution in [0.15, 0.2) is 0 Å². The molecule has 2 unspecified atom stereocenters. The summed E-state index contributed by atoms with van der Waals surface area (Å²) in [6.45, 7) is 3.90. The largest absolute Gasteiger partial charge is 0.343 e. The topological polar surface area (TPSA) is 36.9 Å². The number of alkyl halides is 1. The van der Waals surface area contributed by atoms with Gasteiger partial charge in [0.25, 0.3) is 0 Å². The molecular formula is C11H20ClN2O+. The van der Waals surface area contributed by atoms with Crippen LogP contribution >= 0.6 is 11.6 Å². The van der Waals surface area contributed by atoms with Gasteiger partial charge in [-0.05, 0) is 12.8 Å². The molecule has 2 N–H and O–H groups in total. The third-order valence-corrected chi connectivity index (χ3v) is 4.04. The van der Waals surface area contributed by atoms with Crippen LogP contribution in [0.4, 0.5) is 0 Å². The van der Waals surface area contributed by atoms with Gasteiger partial charge in [-0.1, -0.05) is 12.8 Å². The summed E-state index contributed by atoms with van der Waals surface area (Å²) in [5.41, 5.74) is 0. The second-order valence-corrected chi connectivity index (χ2v) is 5.16. The van der Waals surface area contributed by atoms with Crippen LogP contribution in [0, 0.1) is 5.92 Å². The predicted molar refractivity (Wildman–Crippen MR) is 59.8 cm³/mol. The van der Waals surface area contributed by atoms with Crippen LogP contribution in [-0.2, 0) is 4.79 Å². The van der Waals surface area contributed by atoms with E-state index < -0.39 is 0 Å². The number of amides is 1. The first-order chi connectivity index (χ1) is 7.29. The van der Waals surface area contributed by atoms with Crippen molar-refractivity contribution in [3.05, 3.63) is 0 Å². The molecule has 1 aliphatic carbocycles. The summed E-state index contributed by atoms with van der Waals surface area (Å²) in [6.07, 6.45) is 4.36. The van der Waals surface area contributed by atoms with Crippen molar-refractivity contribution in [3.63, 3.8) is 0 Å². The molecule has 0 aromatic heterocycles. The summed E-state index contributed by atoms with van der Waals surface area (Å²) in [4.78, 5) is 14.2. The SMILES string of the molecule is O=C(C1CCCCC1Cl)N1CC[NH2+]CC1. The number of hydrogen-bond acceptors (Lipinski definition) is 1. The molecule has 0 aromatic carbocycles. The molecule has 2 atom stereocenters. The highest BCUT2D eigenvalue weighted by Crippen LogP contribution is 2.30. The third-order valence-electron chi connectivity index (χ3n) is 3.52. The van der Waals surface area contributed by atoms with Gasteiger partial charge in [0.15, 0.2) is 0 Å². The predicted octanol–water partition coefficient (Wildman–Crippen LogP) is 0.190. The fraction of sp³-hybridized carbons (Fsp3) is 0.909. The maximum absolute atomic E-state index is 12.2. The van der Waals surface area contributed by atoms with Crippen LogP contribution in [0.25, 0.3) is 0 Å². The Labute approximate surface area is 96.2 Å². The lowest BCUT2D eigenvalue weighted by Crippen LogP contribution is -2.90. The van der Waals surface area contributed by atoms with Crippen LogP contribution in [-0.4, -0.2) is 42.4 Å². The number of quaternary nitrogens is 1. The second-order valence-electron chi connectivity index (χ2n) is 4.60. The minimum absolute atomic E-state index is 0.0807. The lowest BCUT2D eigenvalue weighted by molar-refractivity contribution is -0.662. The quantitative estimate of drug-likeness (QED) is 0.643. The maximum atomic E-state index is 12.2. The molecular weight excluding hydrogens is 212 g/mol. The van der Waals surface area contributed by atoms with Gasteiger partial charge in [-0.15, -0.1) is 11.6 Å². The molecule has 1 aliphatic heterocycles. The van der Waals surface area contributed by atoms with E-state index in [1.807, 2.05) is 4.90 Å². The van der Waals surface area contributed by atoms with E-state index in [0.717, 1.165) is 39.0 Å². The summed E-state index contributed by atoms with van der Waals surface area (Å²) in [7, 11) is 0. The van der Waals surface area contributed by atoms with Gasteiger partial charge in [0, 0.05) is 5.38 Å². The Morgan fingerprint density at radius 1 is 1.20 bits per heavy atom. The zero-order chi connectivity index (χ0) is 10.7. The molecule has 3 nitrogen and oxygen atoms in total. The Morgan fingerprint density at radius 3 is 2.53 bits per heavy atom. The van der Waals surface area contributed by atoms with Gasteiger partial charge in [0.05, 0.1) is 32.1 Å². The first-order valence-corrected chi connectivity index (χ1v) is 6.47. The van der Waals surface area contributed by atoms with E-state index in [1.165, 1.54) is 12.8 Å². The summed E-state index contributed by atoms with van der Waals surface area (Å²) in [5, 5.41) is 2.35. The number of carbonyl (C=O) groups is 1. The molecule has 4 heteroatoms. The summed E-state index contributed by atoms with van der Waals surface area (Å²) >= 11 is 6.24. The van der Waals surface area contributed by atoms with Gasteiger partial charge >= 0.3 is 0 Å². The molecule has 1 amide bonds. The molecule has 1 heterocycles. The number of carbonyl (C=O) groups excluding carboxylic acids is 1. The molecule has 2 rings (SSSR count). The zero-order valence-electron chi connectivity index (χ0n) is 9.12. The molecule has 2 aliphatic rings. The molecule has 1 saturated carbocycles. The first-order valence-electron chi connectivity index (χ1n) is 6.03. The standard InChI is InChI=1S/C11H19ClN2O/c12-10-4-2-1-3-9(10)11(15)14-7-5-13-6-8-14/h9-10,13H,1-8H2/p+1. The van der Waals surface area contributed by atoms with E-state index in [4.69, 9.17) is 11.6 Å². The normalized spacial score (nSPS) is 32.7. The third kappa shape index (κ3) is 2.64. The highest BCUT2D eigenvalue weighted by Gasteiger charge is 2.33. The van der Waals surface area contributed by atoms with Gasteiger partial charge in [0.2, 0.25) is 5.91 Å². The van der Waals surface area contributed by atoms with E-state index >= 15 is 0 Å². The van der Waals surface area contributed by atoms with E-state index in [-0.39, 0.29) is 11.3 Å². The number of piperazine rings is 1. The Morgan fingerprint density at radius 2 is 1.87 bits per heavy atom. The smallest absolute Gasteiger partial charge is 0.227 e. The van der Waals surface area contributed by atoms with Crippen molar-refractivity contribution in [2.45, 2.75) is 31.1 Å². The Kier molecular flexibility index (Phi) is 3.87. The van der Waals surface area contributed by atoms with Crippen LogP contribution < -0.4 is 5.32 Å². The number of hydrogen-bond donors (Lipinski definition) is 1. The lowest BCUT2D eigenvalue weighted by atomic mass is 9.87. The molecule has 0 radical (unpaired) electrons. The van der Waals surface area contributed by atoms with E-state index in [9.17, 15) is 4.79 Å². The Hall–Kier alpha value is -0.280. The van der Waals surface area contributed by atoms with Crippen molar-refractivity contribution in [2.24, 2.45) is 5.92 Å². The van der Waals surface area contributed by atoms with Gasteiger partial charge in [0.1, 0.15) is 0 Å². The molecule has 0 bridgehead atoms. The fourth-order valence-corrected chi connectivity index (χ4v) is 2.96. The first kappa shape index (κ1) is 11.2. The van der Waals surface area contributed by atoms with Crippen molar-refractivity contribution in [1.82, 2.24) is 4.90 Å². The minimum atomic E-state index is 0.0807.